The molecule has 1 fully saturated rings. The minimum absolute atomic E-state index is 0.00480. The Labute approximate surface area is 125 Å². The fourth-order valence-electron chi connectivity index (χ4n) is 3.55. The van der Waals surface area contributed by atoms with Gasteiger partial charge in [-0.05, 0) is 32.1 Å². The molecule has 0 N–H and O–H groups in total. The van der Waals surface area contributed by atoms with Gasteiger partial charge in [-0.25, -0.2) is 9.86 Å². The number of carbonyl (C=O) groups is 2. The zero-order valence-corrected chi connectivity index (χ0v) is 12.9. The van der Waals surface area contributed by atoms with E-state index in [1.54, 1.807) is 13.1 Å². The summed E-state index contributed by atoms with van der Waals surface area (Å²) in [5.74, 6) is -0.397. The van der Waals surface area contributed by atoms with E-state index in [1.165, 1.54) is 19.3 Å². The first kappa shape index (κ1) is 15.8. The molecule has 0 unspecified atom stereocenters. The highest BCUT2D eigenvalue weighted by Crippen LogP contribution is 2.51. The van der Waals surface area contributed by atoms with Crippen LogP contribution in [0, 0.1) is 11.3 Å². The van der Waals surface area contributed by atoms with E-state index < -0.39 is 5.41 Å². The third kappa shape index (κ3) is 2.88. The van der Waals surface area contributed by atoms with Gasteiger partial charge in [-0.2, -0.15) is 0 Å². The average molecular weight is 293 g/mol. The molecule has 5 nitrogen and oxygen atoms in total. The van der Waals surface area contributed by atoms with Crippen LogP contribution in [-0.2, 0) is 19.2 Å². The lowest BCUT2D eigenvalue weighted by molar-refractivity contribution is -0.184. The van der Waals surface area contributed by atoms with Crippen LogP contribution in [-0.4, -0.2) is 38.2 Å². The van der Waals surface area contributed by atoms with Crippen LogP contribution in [0.15, 0.2) is 23.8 Å². The fraction of sp³-hybridized carbons (Fsp3) is 0.625. The van der Waals surface area contributed by atoms with Crippen molar-refractivity contribution in [2.45, 2.75) is 32.1 Å². The number of methoxy groups -OCH3 is 1. The van der Waals surface area contributed by atoms with Crippen molar-refractivity contribution in [1.29, 1.82) is 0 Å². The minimum Gasteiger partial charge on any atom is -0.466 e. The molecule has 0 radical (unpaired) electrons. The van der Waals surface area contributed by atoms with E-state index in [9.17, 15) is 9.59 Å². The Morgan fingerprint density at radius 2 is 2.14 bits per heavy atom. The number of hydrogen-bond donors (Lipinski definition) is 0. The number of ether oxygens (including phenoxy) is 1. The lowest BCUT2D eigenvalue weighted by Crippen LogP contribution is -2.49. The number of allylic oxidation sites excluding steroid dienone is 3. The van der Waals surface area contributed by atoms with Gasteiger partial charge in [0.05, 0.1) is 19.6 Å². The molecule has 2 atom stereocenters. The van der Waals surface area contributed by atoms with E-state index in [2.05, 4.69) is 12.2 Å². The lowest BCUT2D eigenvalue weighted by Gasteiger charge is -2.46. The summed E-state index contributed by atoms with van der Waals surface area (Å²) < 4.78 is 4.74. The van der Waals surface area contributed by atoms with Crippen LogP contribution in [0.1, 0.15) is 32.1 Å². The van der Waals surface area contributed by atoms with Crippen molar-refractivity contribution in [3.05, 3.63) is 23.8 Å². The molecule has 0 spiro atoms. The summed E-state index contributed by atoms with van der Waals surface area (Å²) >= 11 is 0. The molecule has 21 heavy (non-hydrogen) atoms. The SMILES string of the molecule is COC(=O)/C=C1\CCC[C@@]2(C(=O)N(C)OC)CCC=C[C@@H]12. The minimum atomic E-state index is -0.488. The molecule has 0 aromatic heterocycles. The predicted octanol–water partition coefficient (Wildman–Crippen LogP) is 2.24. The second kappa shape index (κ2) is 6.43. The van der Waals surface area contributed by atoms with Gasteiger partial charge >= 0.3 is 5.97 Å². The summed E-state index contributed by atoms with van der Waals surface area (Å²) in [4.78, 5) is 29.5. The number of hydrogen-bond acceptors (Lipinski definition) is 4. The van der Waals surface area contributed by atoms with Crippen LogP contribution < -0.4 is 0 Å². The van der Waals surface area contributed by atoms with E-state index in [0.717, 1.165) is 37.7 Å². The molecule has 5 heteroatoms. The normalized spacial score (nSPS) is 29.9. The highest BCUT2D eigenvalue weighted by molar-refractivity contribution is 5.86. The number of esters is 1. The monoisotopic (exact) mass is 293 g/mol. The Hall–Kier alpha value is -1.62. The molecular formula is C16H23NO4. The van der Waals surface area contributed by atoms with Gasteiger partial charge in [0.15, 0.2) is 0 Å². The summed E-state index contributed by atoms with van der Waals surface area (Å²) in [5, 5.41) is 1.31. The van der Waals surface area contributed by atoms with Crippen molar-refractivity contribution in [3.8, 4) is 0 Å². The topological polar surface area (TPSA) is 55.8 Å². The Kier molecular flexibility index (Phi) is 4.83. The highest BCUT2D eigenvalue weighted by Gasteiger charge is 2.49. The third-order valence-electron chi connectivity index (χ3n) is 4.66. The first-order valence-corrected chi connectivity index (χ1v) is 7.32. The van der Waals surface area contributed by atoms with Gasteiger partial charge in [0, 0.05) is 19.0 Å². The van der Waals surface area contributed by atoms with Gasteiger partial charge in [0.25, 0.3) is 5.91 Å². The third-order valence-corrected chi connectivity index (χ3v) is 4.66. The summed E-state index contributed by atoms with van der Waals surface area (Å²) in [6.45, 7) is 0. The van der Waals surface area contributed by atoms with Crippen LogP contribution in [0.2, 0.25) is 0 Å². The summed E-state index contributed by atoms with van der Waals surface area (Å²) in [6, 6.07) is 0. The molecule has 0 heterocycles. The number of amides is 1. The number of rotatable bonds is 3. The maximum absolute atomic E-state index is 12.8. The average Bonchev–Trinajstić information content (AvgIpc) is 2.53. The molecule has 0 bridgehead atoms. The molecule has 1 saturated carbocycles. The van der Waals surface area contributed by atoms with Gasteiger partial charge in [-0.3, -0.25) is 9.63 Å². The second-order valence-electron chi connectivity index (χ2n) is 5.68. The van der Waals surface area contributed by atoms with Crippen LogP contribution in [0.3, 0.4) is 0 Å². The summed E-state index contributed by atoms with van der Waals surface area (Å²) in [7, 11) is 4.51. The molecule has 0 saturated heterocycles. The zero-order chi connectivity index (χ0) is 15.5. The van der Waals surface area contributed by atoms with Crippen molar-refractivity contribution in [1.82, 2.24) is 5.06 Å². The van der Waals surface area contributed by atoms with Gasteiger partial charge < -0.3 is 4.74 Å². The van der Waals surface area contributed by atoms with Crippen molar-refractivity contribution in [2.24, 2.45) is 11.3 Å². The molecule has 2 aliphatic carbocycles. The van der Waals surface area contributed by atoms with Crippen molar-refractivity contribution < 1.29 is 19.2 Å². The van der Waals surface area contributed by atoms with Crippen LogP contribution in [0.5, 0.6) is 0 Å². The quantitative estimate of drug-likeness (QED) is 0.346. The molecule has 0 aliphatic heterocycles. The molecule has 116 valence electrons. The first-order chi connectivity index (χ1) is 10.0. The molecular weight excluding hydrogens is 270 g/mol. The van der Waals surface area contributed by atoms with Gasteiger partial charge in [0.2, 0.25) is 0 Å². The summed E-state index contributed by atoms with van der Waals surface area (Å²) in [6.07, 6.45) is 9.94. The molecule has 2 aliphatic rings. The molecule has 0 aromatic rings. The number of fused-ring (bicyclic) bond motifs is 1. The van der Waals surface area contributed by atoms with Crippen LogP contribution in [0.25, 0.3) is 0 Å². The van der Waals surface area contributed by atoms with E-state index >= 15 is 0 Å². The van der Waals surface area contributed by atoms with Crippen molar-refractivity contribution in [3.63, 3.8) is 0 Å². The first-order valence-electron chi connectivity index (χ1n) is 7.32. The smallest absolute Gasteiger partial charge is 0.330 e. The van der Waals surface area contributed by atoms with E-state index in [1.807, 2.05) is 0 Å². The van der Waals surface area contributed by atoms with E-state index in [-0.39, 0.29) is 17.8 Å². The van der Waals surface area contributed by atoms with Crippen molar-refractivity contribution >= 4 is 11.9 Å². The number of carbonyl (C=O) groups excluding carboxylic acids is 2. The molecule has 0 aromatic carbocycles. The number of hydroxylamine groups is 2. The van der Waals surface area contributed by atoms with E-state index in [4.69, 9.17) is 9.57 Å². The summed E-state index contributed by atoms with van der Waals surface area (Å²) in [5.41, 5.74) is 0.499. The Morgan fingerprint density at radius 3 is 2.81 bits per heavy atom. The largest absolute Gasteiger partial charge is 0.466 e. The van der Waals surface area contributed by atoms with Crippen LogP contribution >= 0.6 is 0 Å². The Bertz CT molecular complexity index is 483. The second-order valence-corrected chi connectivity index (χ2v) is 5.68. The van der Waals surface area contributed by atoms with Gasteiger partial charge in [0.1, 0.15) is 0 Å². The van der Waals surface area contributed by atoms with E-state index in [0.29, 0.717) is 0 Å². The maximum Gasteiger partial charge on any atom is 0.330 e. The van der Waals surface area contributed by atoms with Crippen molar-refractivity contribution in [2.75, 3.05) is 21.3 Å². The lowest BCUT2D eigenvalue weighted by atomic mass is 9.59. The van der Waals surface area contributed by atoms with Crippen LogP contribution in [0.4, 0.5) is 0 Å². The Morgan fingerprint density at radius 1 is 1.38 bits per heavy atom. The Balaban J connectivity index is 2.38. The predicted molar refractivity (Wildman–Crippen MR) is 78.0 cm³/mol. The fourth-order valence-corrected chi connectivity index (χ4v) is 3.55. The standard InChI is InChI=1S/C16H23NO4/c1-17(21-3)15(19)16-9-5-4-8-13(16)12(7-6-10-16)11-14(18)20-2/h4,8,11,13H,5-7,9-10H2,1-3H3/b12-11+/t13-,16-/m0/s1. The maximum atomic E-state index is 12.8. The van der Waals surface area contributed by atoms with Gasteiger partial charge in [-0.15, -0.1) is 0 Å². The molecule has 2 rings (SSSR count). The number of nitrogens with zero attached hydrogens (tertiary/aromatic N) is 1. The molecule has 1 amide bonds. The zero-order valence-electron chi connectivity index (χ0n) is 12.9. The van der Waals surface area contributed by atoms with Gasteiger partial charge in [-0.1, -0.05) is 17.7 Å². The highest BCUT2D eigenvalue weighted by atomic mass is 16.7.